The third-order valence-corrected chi connectivity index (χ3v) is 3.20. The van der Waals surface area contributed by atoms with Crippen molar-refractivity contribution in [3.63, 3.8) is 0 Å². The summed E-state index contributed by atoms with van der Waals surface area (Å²) in [7, 11) is 0. The Hall–Kier alpha value is -3.07. The van der Waals surface area contributed by atoms with E-state index in [0.29, 0.717) is 10.7 Å². The number of nitrogens with one attached hydrogen (secondary N) is 1. The Labute approximate surface area is 128 Å². The molecule has 0 aliphatic rings. The van der Waals surface area contributed by atoms with E-state index in [-0.39, 0.29) is 11.4 Å². The molecule has 0 bridgehead atoms. The highest BCUT2D eigenvalue weighted by Crippen LogP contribution is 2.18. The van der Waals surface area contributed by atoms with Gasteiger partial charge in [-0.2, -0.15) is 5.10 Å². The Morgan fingerprint density at radius 3 is 2.91 bits per heavy atom. The highest BCUT2D eigenvalue weighted by Gasteiger charge is 2.09. The standard InChI is InChI=1S/C13H10N4O4S/c18-12(19)10-8-22-13(15-10)16-14-7-3-5-9-4-1-2-6-11(9)17(20)21/h1-8H,(H,15,16)(H,18,19)/b5-3+,14-7+. The van der Waals surface area contributed by atoms with Crippen molar-refractivity contribution in [2.45, 2.75) is 0 Å². The molecule has 0 amide bonds. The van der Waals surface area contributed by atoms with Crippen molar-refractivity contribution >= 4 is 40.4 Å². The van der Waals surface area contributed by atoms with Crippen LogP contribution in [0.4, 0.5) is 10.8 Å². The van der Waals surface area contributed by atoms with Gasteiger partial charge in [0.25, 0.3) is 5.69 Å². The third kappa shape index (κ3) is 3.96. The monoisotopic (exact) mass is 318 g/mol. The maximum absolute atomic E-state index is 10.8. The normalized spacial score (nSPS) is 11.1. The Bertz CT molecular complexity index is 754. The first-order valence-electron chi connectivity index (χ1n) is 5.96. The first-order chi connectivity index (χ1) is 10.6. The van der Waals surface area contributed by atoms with Crippen molar-refractivity contribution in [2.75, 3.05) is 5.43 Å². The van der Waals surface area contributed by atoms with Crippen LogP contribution in [0.2, 0.25) is 0 Å². The quantitative estimate of drug-likeness (QED) is 0.480. The van der Waals surface area contributed by atoms with Crippen LogP contribution in [0.1, 0.15) is 16.1 Å². The lowest BCUT2D eigenvalue weighted by Gasteiger charge is -1.95. The Kier molecular flexibility index (Phi) is 4.94. The summed E-state index contributed by atoms with van der Waals surface area (Å²) in [6.45, 7) is 0. The van der Waals surface area contributed by atoms with Gasteiger partial charge in [0.05, 0.1) is 10.5 Å². The zero-order chi connectivity index (χ0) is 15.9. The van der Waals surface area contributed by atoms with E-state index in [9.17, 15) is 14.9 Å². The molecule has 2 N–H and O–H groups in total. The average Bonchev–Trinajstić information content (AvgIpc) is 2.96. The van der Waals surface area contributed by atoms with E-state index in [1.807, 2.05) is 0 Å². The van der Waals surface area contributed by atoms with Crippen LogP contribution in [0.5, 0.6) is 0 Å². The minimum atomic E-state index is -1.11. The lowest BCUT2D eigenvalue weighted by molar-refractivity contribution is -0.385. The minimum absolute atomic E-state index is 0.00568. The van der Waals surface area contributed by atoms with E-state index in [2.05, 4.69) is 15.5 Å². The van der Waals surface area contributed by atoms with E-state index in [1.54, 1.807) is 24.3 Å². The second kappa shape index (κ2) is 7.09. The number of para-hydroxylation sites is 1. The lowest BCUT2D eigenvalue weighted by Crippen LogP contribution is -1.96. The number of nitro groups is 1. The summed E-state index contributed by atoms with van der Waals surface area (Å²) in [5, 5.41) is 25.1. The van der Waals surface area contributed by atoms with Crippen LogP contribution in [0.3, 0.4) is 0 Å². The summed E-state index contributed by atoms with van der Waals surface area (Å²) < 4.78 is 0. The molecule has 0 saturated heterocycles. The zero-order valence-corrected chi connectivity index (χ0v) is 11.9. The Morgan fingerprint density at radius 2 is 2.23 bits per heavy atom. The molecule has 0 aliphatic heterocycles. The first kappa shape index (κ1) is 15.3. The Balaban J connectivity index is 1.97. The smallest absolute Gasteiger partial charge is 0.355 e. The number of carbonyl (C=O) groups is 1. The third-order valence-electron chi connectivity index (χ3n) is 2.45. The number of aromatic carboxylic acids is 1. The van der Waals surface area contributed by atoms with Gasteiger partial charge >= 0.3 is 5.97 Å². The molecule has 1 heterocycles. The number of hydrogen-bond acceptors (Lipinski definition) is 7. The molecule has 0 fully saturated rings. The van der Waals surface area contributed by atoms with Crippen molar-refractivity contribution in [1.82, 2.24) is 4.98 Å². The molecular weight excluding hydrogens is 308 g/mol. The fourth-order valence-corrected chi connectivity index (χ4v) is 2.13. The van der Waals surface area contributed by atoms with Crippen LogP contribution < -0.4 is 5.43 Å². The maximum atomic E-state index is 10.8. The predicted octanol–water partition coefficient (Wildman–Crippen LogP) is 2.86. The van der Waals surface area contributed by atoms with E-state index in [1.165, 1.54) is 23.7 Å². The van der Waals surface area contributed by atoms with Gasteiger partial charge in [0.2, 0.25) is 5.13 Å². The molecule has 0 radical (unpaired) electrons. The number of anilines is 1. The van der Waals surface area contributed by atoms with Gasteiger partial charge in [-0.25, -0.2) is 9.78 Å². The van der Waals surface area contributed by atoms with Crippen LogP contribution in [-0.4, -0.2) is 27.2 Å². The zero-order valence-electron chi connectivity index (χ0n) is 11.0. The van der Waals surface area contributed by atoms with Crippen molar-refractivity contribution in [1.29, 1.82) is 0 Å². The van der Waals surface area contributed by atoms with Gasteiger partial charge in [-0.15, -0.1) is 11.3 Å². The Morgan fingerprint density at radius 1 is 1.45 bits per heavy atom. The molecule has 112 valence electrons. The number of benzene rings is 1. The van der Waals surface area contributed by atoms with Crippen molar-refractivity contribution in [3.8, 4) is 0 Å². The summed E-state index contributed by atoms with van der Waals surface area (Å²) in [4.78, 5) is 24.8. The highest BCUT2D eigenvalue weighted by molar-refractivity contribution is 7.13. The molecule has 0 unspecified atom stereocenters. The SMILES string of the molecule is O=C(O)c1csc(N/N=C/C=C/c2ccccc2[N+](=O)[O-])n1. The summed E-state index contributed by atoms with van der Waals surface area (Å²) in [5.74, 6) is -1.11. The van der Waals surface area contributed by atoms with Crippen LogP contribution in [-0.2, 0) is 0 Å². The molecule has 2 rings (SSSR count). The molecule has 0 aliphatic carbocycles. The summed E-state index contributed by atoms with van der Waals surface area (Å²) in [6, 6.07) is 6.33. The van der Waals surface area contributed by atoms with Gasteiger partial charge < -0.3 is 5.11 Å². The van der Waals surface area contributed by atoms with E-state index in [0.717, 1.165) is 11.3 Å². The topological polar surface area (TPSA) is 118 Å². The molecule has 22 heavy (non-hydrogen) atoms. The number of hydrogen-bond donors (Lipinski definition) is 2. The number of nitrogens with zero attached hydrogens (tertiary/aromatic N) is 3. The summed E-state index contributed by atoms with van der Waals surface area (Å²) in [6.07, 6.45) is 4.47. The molecule has 0 saturated carbocycles. The van der Waals surface area contributed by atoms with Crippen LogP contribution >= 0.6 is 11.3 Å². The van der Waals surface area contributed by atoms with Crippen molar-refractivity contribution in [3.05, 3.63) is 57.1 Å². The predicted molar refractivity (Wildman–Crippen MR) is 83.3 cm³/mol. The average molecular weight is 318 g/mol. The van der Waals surface area contributed by atoms with E-state index >= 15 is 0 Å². The number of thiazole rings is 1. The van der Waals surface area contributed by atoms with Gasteiger partial charge in [-0.3, -0.25) is 15.5 Å². The lowest BCUT2D eigenvalue weighted by atomic mass is 10.2. The minimum Gasteiger partial charge on any atom is -0.476 e. The van der Waals surface area contributed by atoms with E-state index < -0.39 is 10.9 Å². The fraction of sp³-hybridized carbons (Fsp3) is 0. The number of rotatable bonds is 6. The number of hydrazone groups is 1. The second-order valence-electron chi connectivity index (χ2n) is 3.91. The second-order valence-corrected chi connectivity index (χ2v) is 4.77. The summed E-state index contributed by atoms with van der Waals surface area (Å²) in [5.41, 5.74) is 2.98. The van der Waals surface area contributed by atoms with Crippen LogP contribution in [0.25, 0.3) is 6.08 Å². The molecule has 1 aromatic carbocycles. The van der Waals surface area contributed by atoms with Crippen molar-refractivity contribution < 1.29 is 14.8 Å². The molecule has 2 aromatic rings. The molecular formula is C13H10N4O4S. The van der Waals surface area contributed by atoms with Gasteiger partial charge in [0.15, 0.2) is 5.69 Å². The van der Waals surface area contributed by atoms with Crippen molar-refractivity contribution in [2.24, 2.45) is 5.10 Å². The fourth-order valence-electron chi connectivity index (χ4n) is 1.50. The highest BCUT2D eigenvalue weighted by atomic mass is 32.1. The largest absolute Gasteiger partial charge is 0.476 e. The summed E-state index contributed by atoms with van der Waals surface area (Å²) >= 11 is 1.11. The molecule has 0 spiro atoms. The molecule has 8 nitrogen and oxygen atoms in total. The van der Waals surface area contributed by atoms with Gasteiger partial charge in [0, 0.05) is 17.7 Å². The van der Waals surface area contributed by atoms with Gasteiger partial charge in [-0.1, -0.05) is 12.1 Å². The first-order valence-corrected chi connectivity index (χ1v) is 6.84. The van der Waals surface area contributed by atoms with Gasteiger partial charge in [-0.05, 0) is 18.2 Å². The van der Waals surface area contributed by atoms with Crippen LogP contribution in [0, 0.1) is 10.1 Å². The number of allylic oxidation sites excluding steroid dienone is 1. The number of nitro benzene ring substituents is 1. The number of carboxylic acids is 1. The molecule has 9 heteroatoms. The van der Waals surface area contributed by atoms with Crippen LogP contribution in [0.15, 0.2) is 40.8 Å². The van der Waals surface area contributed by atoms with E-state index in [4.69, 9.17) is 5.11 Å². The van der Waals surface area contributed by atoms with Gasteiger partial charge in [0.1, 0.15) is 0 Å². The number of aromatic nitrogens is 1. The molecule has 1 aromatic heterocycles. The number of carboxylic acid groups (broad SMARTS) is 1. The maximum Gasteiger partial charge on any atom is 0.355 e. The molecule has 0 atom stereocenters.